The van der Waals surface area contributed by atoms with Gasteiger partial charge >= 0.3 is 0 Å². The summed E-state index contributed by atoms with van der Waals surface area (Å²) < 4.78 is 39.4. The van der Waals surface area contributed by atoms with Crippen LogP contribution in [0.15, 0.2) is 41.4 Å². The van der Waals surface area contributed by atoms with Crippen LogP contribution in [0.5, 0.6) is 11.5 Å². The van der Waals surface area contributed by atoms with E-state index in [0.29, 0.717) is 51.2 Å². The minimum Gasteiger partial charge on any atom is -0.495 e. The minimum absolute atomic E-state index is 0.00430. The molecule has 1 aromatic heterocycles. The molecule has 2 atom stereocenters. The molecule has 2 amide bonds. The summed E-state index contributed by atoms with van der Waals surface area (Å²) in [6.07, 6.45) is 5.62. The number of nitrogens with zero attached hydrogens (tertiary/aromatic N) is 2. The number of amides is 2. The second-order valence-electron chi connectivity index (χ2n) is 11.7. The van der Waals surface area contributed by atoms with Gasteiger partial charge in [0.15, 0.2) is 11.6 Å². The standard InChI is InChI=1S/C32H33F2N5O4/c1-32(31(36)41)15-43-29-22(32)12-25(39-28(29)17-5-8-23(33)24(34)10-17)21(16-3-4-16)14-38-30(40)18-9-19(13-37-20-6-7-20)27(35)26(11-18)42-2/h5,8-13,16,20-21H,3-4,6-7,14-15,35H2,1-2H3,(H2,36,41)(H,38,40)/t21-,32-/m0/s1. The van der Waals surface area contributed by atoms with Crippen molar-refractivity contribution in [2.75, 3.05) is 26.0 Å². The second kappa shape index (κ2) is 10.9. The normalized spacial score (nSPS) is 20.0. The summed E-state index contributed by atoms with van der Waals surface area (Å²) in [5.41, 5.74) is 14.0. The van der Waals surface area contributed by atoms with Crippen molar-refractivity contribution in [1.29, 1.82) is 0 Å². The average Bonchev–Trinajstić information content (AvgIpc) is 3.93. The number of benzene rings is 2. The van der Waals surface area contributed by atoms with Gasteiger partial charge in [-0.3, -0.25) is 14.6 Å². The van der Waals surface area contributed by atoms with E-state index in [9.17, 15) is 18.4 Å². The van der Waals surface area contributed by atoms with Crippen LogP contribution in [-0.2, 0) is 10.2 Å². The summed E-state index contributed by atoms with van der Waals surface area (Å²) in [6.45, 7) is 1.93. The number of hydrogen-bond donors (Lipinski definition) is 3. The Balaban J connectivity index is 1.33. The molecule has 2 heterocycles. The third-order valence-electron chi connectivity index (χ3n) is 8.51. The van der Waals surface area contributed by atoms with Crippen LogP contribution >= 0.6 is 0 Å². The molecule has 0 saturated heterocycles. The highest BCUT2D eigenvalue weighted by molar-refractivity contribution is 5.99. The lowest BCUT2D eigenvalue weighted by Gasteiger charge is -2.22. The third kappa shape index (κ3) is 5.51. The van der Waals surface area contributed by atoms with Crippen LogP contribution in [0.3, 0.4) is 0 Å². The summed E-state index contributed by atoms with van der Waals surface area (Å²) in [7, 11) is 1.49. The van der Waals surface area contributed by atoms with Gasteiger partial charge in [0.2, 0.25) is 5.91 Å². The van der Waals surface area contributed by atoms with Gasteiger partial charge in [0, 0.05) is 46.6 Å². The maximum Gasteiger partial charge on any atom is 0.251 e. The predicted molar refractivity (Wildman–Crippen MR) is 157 cm³/mol. The molecular formula is C32H33F2N5O4. The van der Waals surface area contributed by atoms with Crippen molar-refractivity contribution in [3.63, 3.8) is 0 Å². The van der Waals surface area contributed by atoms with Gasteiger partial charge in [-0.15, -0.1) is 0 Å². The van der Waals surface area contributed by atoms with Crippen molar-refractivity contribution in [3.05, 3.63) is 70.4 Å². The molecule has 2 saturated carbocycles. The molecule has 9 nitrogen and oxygen atoms in total. The van der Waals surface area contributed by atoms with Gasteiger partial charge in [-0.25, -0.2) is 13.8 Å². The van der Waals surface area contributed by atoms with E-state index < -0.39 is 23.0 Å². The first kappa shape index (κ1) is 28.6. The number of pyridine rings is 1. The zero-order valence-electron chi connectivity index (χ0n) is 24.0. The Morgan fingerprint density at radius 2 is 1.95 bits per heavy atom. The number of halogens is 2. The molecule has 2 aliphatic carbocycles. The number of carbonyl (C=O) groups excluding carboxylic acids is 2. The van der Waals surface area contributed by atoms with Gasteiger partial charge in [0.1, 0.15) is 29.2 Å². The number of nitrogens with one attached hydrogen (secondary N) is 1. The van der Waals surface area contributed by atoms with Crippen LogP contribution in [0.2, 0.25) is 0 Å². The first-order valence-corrected chi connectivity index (χ1v) is 14.3. The number of methoxy groups -OCH3 is 1. The summed E-state index contributed by atoms with van der Waals surface area (Å²) in [4.78, 5) is 35.3. The van der Waals surface area contributed by atoms with E-state index in [4.69, 9.17) is 25.9 Å². The lowest BCUT2D eigenvalue weighted by molar-refractivity contribution is -0.123. The van der Waals surface area contributed by atoms with Gasteiger partial charge in [0.25, 0.3) is 5.91 Å². The first-order valence-electron chi connectivity index (χ1n) is 14.3. The summed E-state index contributed by atoms with van der Waals surface area (Å²) in [6, 6.07) is 8.87. The van der Waals surface area contributed by atoms with Crippen molar-refractivity contribution in [2.24, 2.45) is 16.6 Å². The molecule has 5 N–H and O–H groups in total. The van der Waals surface area contributed by atoms with Crippen LogP contribution in [0.1, 0.15) is 65.7 Å². The zero-order chi connectivity index (χ0) is 30.5. The number of aromatic nitrogens is 1. The molecule has 0 unspecified atom stereocenters. The molecule has 11 heteroatoms. The molecule has 43 heavy (non-hydrogen) atoms. The van der Waals surface area contributed by atoms with E-state index in [1.54, 1.807) is 31.3 Å². The van der Waals surface area contributed by atoms with Crippen LogP contribution in [0, 0.1) is 17.6 Å². The van der Waals surface area contributed by atoms with Crippen molar-refractivity contribution >= 4 is 23.7 Å². The Kier molecular flexibility index (Phi) is 7.27. The lowest BCUT2D eigenvalue weighted by Crippen LogP contribution is -2.40. The van der Waals surface area contributed by atoms with E-state index in [-0.39, 0.29) is 36.6 Å². The highest BCUT2D eigenvalue weighted by Crippen LogP contribution is 2.48. The highest BCUT2D eigenvalue weighted by atomic mass is 19.2. The van der Waals surface area contributed by atoms with Gasteiger partial charge in [-0.1, -0.05) is 0 Å². The van der Waals surface area contributed by atoms with Gasteiger partial charge in [0.05, 0.1) is 18.8 Å². The number of carbonyl (C=O) groups is 2. The first-order chi connectivity index (χ1) is 20.6. The molecule has 3 aliphatic rings. The largest absolute Gasteiger partial charge is 0.495 e. The Hall–Kier alpha value is -4.54. The number of aliphatic imine (C=N–C) groups is 1. The minimum atomic E-state index is -1.14. The number of fused-ring (bicyclic) bond motifs is 1. The smallest absolute Gasteiger partial charge is 0.251 e. The predicted octanol–water partition coefficient (Wildman–Crippen LogP) is 4.26. The number of rotatable bonds is 10. The SMILES string of the molecule is COc1cc(C(=O)NC[C@H](c2cc3c(c(-c4ccc(F)c(F)c4)n2)OC[C@]3(C)C(N)=O)C2CC2)cc(C=NC2CC2)c1N. The Morgan fingerprint density at radius 1 is 1.19 bits per heavy atom. The van der Waals surface area contributed by atoms with Crippen LogP contribution in [0.4, 0.5) is 14.5 Å². The molecule has 2 fully saturated rings. The highest BCUT2D eigenvalue weighted by Gasteiger charge is 2.45. The number of nitrogens with two attached hydrogens (primary N) is 2. The molecule has 2 aromatic carbocycles. The lowest BCUT2D eigenvalue weighted by atomic mass is 9.82. The van der Waals surface area contributed by atoms with E-state index in [2.05, 4.69) is 10.3 Å². The summed E-state index contributed by atoms with van der Waals surface area (Å²) in [5, 5.41) is 3.03. The Morgan fingerprint density at radius 3 is 2.60 bits per heavy atom. The fraction of sp³-hybridized carbons (Fsp3) is 0.375. The molecule has 0 radical (unpaired) electrons. The average molecular weight is 590 g/mol. The molecule has 0 bridgehead atoms. The number of ether oxygens (including phenoxy) is 2. The zero-order valence-corrected chi connectivity index (χ0v) is 24.0. The maximum absolute atomic E-state index is 14.3. The van der Waals surface area contributed by atoms with Crippen LogP contribution in [0.25, 0.3) is 11.3 Å². The van der Waals surface area contributed by atoms with Gasteiger partial charge in [-0.2, -0.15) is 0 Å². The van der Waals surface area contributed by atoms with E-state index in [1.807, 2.05) is 0 Å². The van der Waals surface area contributed by atoms with E-state index in [1.165, 1.54) is 13.2 Å². The quantitative estimate of drug-likeness (QED) is 0.238. The Labute approximate surface area is 247 Å². The number of nitrogen functional groups attached to an aromatic ring is 1. The van der Waals surface area contributed by atoms with Crippen LogP contribution in [-0.4, -0.2) is 49.3 Å². The van der Waals surface area contributed by atoms with Gasteiger partial charge < -0.3 is 26.3 Å². The second-order valence-corrected chi connectivity index (χ2v) is 11.7. The van der Waals surface area contributed by atoms with Gasteiger partial charge in [-0.05, 0) is 74.9 Å². The third-order valence-corrected chi connectivity index (χ3v) is 8.51. The van der Waals surface area contributed by atoms with Crippen molar-refractivity contribution < 1.29 is 27.8 Å². The summed E-state index contributed by atoms with van der Waals surface area (Å²) in [5.74, 6) is -2.21. The van der Waals surface area contributed by atoms with E-state index in [0.717, 1.165) is 37.8 Å². The van der Waals surface area contributed by atoms with Crippen molar-refractivity contribution in [3.8, 4) is 22.8 Å². The van der Waals surface area contributed by atoms with Crippen LogP contribution < -0.4 is 26.3 Å². The monoisotopic (exact) mass is 589 g/mol. The number of primary amides is 1. The summed E-state index contributed by atoms with van der Waals surface area (Å²) >= 11 is 0. The molecule has 6 rings (SSSR count). The van der Waals surface area contributed by atoms with E-state index >= 15 is 0 Å². The Bertz CT molecular complexity index is 1650. The topological polar surface area (TPSA) is 142 Å². The number of anilines is 1. The molecule has 0 spiro atoms. The van der Waals surface area contributed by atoms with Crippen molar-refractivity contribution in [1.82, 2.24) is 10.3 Å². The fourth-order valence-electron chi connectivity index (χ4n) is 5.42. The molecule has 224 valence electrons. The molecule has 3 aromatic rings. The molecule has 1 aliphatic heterocycles. The number of hydrogen-bond acceptors (Lipinski definition) is 7. The maximum atomic E-state index is 14.3. The van der Waals surface area contributed by atoms with Crippen molar-refractivity contribution in [2.45, 2.75) is 50.0 Å². The molecular weight excluding hydrogens is 556 g/mol. The fourth-order valence-corrected chi connectivity index (χ4v) is 5.42.